The number of carboxylic acids is 1. The number of aliphatic carboxylic acids is 1. The third-order valence-electron chi connectivity index (χ3n) is 21.3. The maximum absolute atomic E-state index is 13.6. The van der Waals surface area contributed by atoms with Crippen molar-refractivity contribution in [2.24, 2.45) is 56.2 Å². The summed E-state index contributed by atoms with van der Waals surface area (Å²) in [6.45, 7) is 15.8. The Bertz CT molecular complexity index is 2250. The van der Waals surface area contributed by atoms with Crippen molar-refractivity contribution in [1.82, 2.24) is 0 Å². The maximum Gasteiger partial charge on any atom is 1.00 e. The predicted octanol–water partition coefficient (Wildman–Crippen LogP) is -3.47. The van der Waals surface area contributed by atoms with Crippen molar-refractivity contribution in [2.75, 3.05) is 26.4 Å². The Morgan fingerprint density at radius 3 is 2.08 bits per heavy atom. The van der Waals surface area contributed by atoms with Crippen molar-refractivity contribution < 1.29 is 144 Å². The summed E-state index contributed by atoms with van der Waals surface area (Å²) in [4.78, 5) is 38.4. The number of hydrogen-bond donors (Lipinski definition) is 11. The van der Waals surface area contributed by atoms with E-state index in [0.717, 1.165) is 0 Å². The van der Waals surface area contributed by atoms with Crippen molar-refractivity contribution >= 4 is 17.9 Å². The molecule has 4 saturated carbocycles. The summed E-state index contributed by atoms with van der Waals surface area (Å²) >= 11 is 0. The SMILES string of the molecule is CC(=O)OC(C)C(C)C(=O)OCC12C3CC(C)(C)[C@H](O[C@@H]1C[C@]1(C)C3=CCC3C4(C)CCC(O[C@@H]5O[C@H](C(=O)O)[C@@H](O[C@H]6O[C@H](CO)[C@@H](O)[C@H](O)[C@H]6O)[C@H](O)[C@H]5O[C@@H]5OC[C@@H](O)[C@H](O)[C@H]5O)[C@](C)(CO)C4CCC31C)C2O.[H-].[Na+]. The van der Waals surface area contributed by atoms with E-state index in [4.69, 9.17) is 42.6 Å². The topological polar surface area (TPSA) is 357 Å². The van der Waals surface area contributed by atoms with Crippen LogP contribution < -0.4 is 29.6 Å². The molecule has 0 spiro atoms. The molecule has 4 saturated heterocycles. The first-order chi connectivity index (χ1) is 36.0. The molecule has 24 heteroatoms. The van der Waals surface area contributed by atoms with Crippen LogP contribution in [0.4, 0.5) is 0 Å². The van der Waals surface area contributed by atoms with Gasteiger partial charge in [0.15, 0.2) is 25.0 Å². The molecule has 0 aromatic heterocycles. The van der Waals surface area contributed by atoms with Crippen LogP contribution in [0.25, 0.3) is 0 Å². The van der Waals surface area contributed by atoms with Gasteiger partial charge in [-0.05, 0) is 98.2 Å². The van der Waals surface area contributed by atoms with Crippen molar-refractivity contribution in [3.63, 3.8) is 0 Å². The molecule has 9 rings (SSSR count). The molecule has 8 fully saturated rings. The standard InChI is InChI=1S/C54H84O23.Na.H/c1-22(23(2)71-24(3)57)45(68)70-21-54-26-16-49(4,5)43(42(54)65)73-32(54)17-53(9)25(26)10-11-30-50(6)14-13-31(51(7,20-56)29(50)12-15-52(30,53)8)74-48-40(76-46-36(62)33(59)27(58)19-69-46)38(64)39(41(77-48)44(66)67)75-47-37(63)35(61)34(60)28(18-55)72-47;;/h10,22-23,26-43,46-48,55-56,58-65H,11-21H2,1-9H3,(H,66,67);;/q;+1;-1/t22?,23?,26?,27-,28-,29?,30?,31?,32-,33+,34-,35+,36-,37-,38+,39+,40-,41+,42?,43-,46+,47-,48-,50?,51-,52?,53-,54?;;/m1../s1. The van der Waals surface area contributed by atoms with Gasteiger partial charge in [-0.3, -0.25) is 9.59 Å². The molecule has 4 heterocycles. The Balaban J connectivity index is 0.00000452. The molecule has 9 aliphatic rings. The molecule has 0 amide bonds. The Morgan fingerprint density at radius 2 is 1.44 bits per heavy atom. The van der Waals surface area contributed by atoms with E-state index in [1.165, 1.54) is 12.5 Å². The fourth-order valence-corrected chi connectivity index (χ4v) is 16.5. The minimum absolute atomic E-state index is 0. The third kappa shape index (κ3) is 9.81. The van der Waals surface area contributed by atoms with Gasteiger partial charge in [0.05, 0.1) is 55.6 Å². The van der Waals surface area contributed by atoms with Gasteiger partial charge in [-0.2, -0.15) is 0 Å². The zero-order valence-corrected chi connectivity index (χ0v) is 48.5. The Kier molecular flexibility index (Phi) is 18.0. The number of esters is 2. The van der Waals surface area contributed by atoms with Crippen LogP contribution >= 0.6 is 0 Å². The summed E-state index contributed by atoms with van der Waals surface area (Å²) in [5.74, 6) is -3.82. The molecule has 0 aromatic carbocycles. The van der Waals surface area contributed by atoms with E-state index >= 15 is 0 Å². The number of aliphatic hydroxyl groups is 10. The summed E-state index contributed by atoms with van der Waals surface area (Å²) in [5, 5.41) is 120. The predicted molar refractivity (Wildman–Crippen MR) is 262 cm³/mol. The minimum Gasteiger partial charge on any atom is -1.00 e. The van der Waals surface area contributed by atoms with Crippen molar-refractivity contribution in [3.05, 3.63) is 11.6 Å². The molecule has 23 nitrogen and oxygen atoms in total. The van der Waals surface area contributed by atoms with Crippen LogP contribution in [0.5, 0.6) is 0 Å². The van der Waals surface area contributed by atoms with E-state index in [2.05, 4.69) is 40.7 Å². The van der Waals surface area contributed by atoms with E-state index in [-0.39, 0.29) is 67.4 Å². The molecule has 5 aliphatic carbocycles. The number of carbonyl (C=O) groups is 3. The first-order valence-corrected chi connectivity index (χ1v) is 27.4. The number of hydrogen-bond acceptors (Lipinski definition) is 22. The molecule has 11 N–H and O–H groups in total. The van der Waals surface area contributed by atoms with Crippen LogP contribution in [0.3, 0.4) is 0 Å². The van der Waals surface area contributed by atoms with Crippen LogP contribution in [0.2, 0.25) is 0 Å². The monoisotopic (exact) mass is 1120 g/mol. The molecule has 10 unspecified atom stereocenters. The maximum atomic E-state index is 13.6. The van der Waals surface area contributed by atoms with Gasteiger partial charge in [0, 0.05) is 12.3 Å². The van der Waals surface area contributed by atoms with Crippen LogP contribution in [0.15, 0.2) is 11.6 Å². The summed E-state index contributed by atoms with van der Waals surface area (Å²) in [5.41, 5.74) is -2.40. The van der Waals surface area contributed by atoms with Crippen LogP contribution in [0.1, 0.15) is 109 Å². The van der Waals surface area contributed by atoms with Gasteiger partial charge < -0.3 is 100 Å². The second kappa shape index (κ2) is 22.5. The van der Waals surface area contributed by atoms with Crippen molar-refractivity contribution in [1.29, 1.82) is 0 Å². The summed E-state index contributed by atoms with van der Waals surface area (Å²) < 4.78 is 54.3. The number of aliphatic hydroxyl groups excluding tert-OH is 10. The zero-order valence-electron chi connectivity index (χ0n) is 47.5. The van der Waals surface area contributed by atoms with Crippen molar-refractivity contribution in [3.8, 4) is 0 Å². The second-order valence-electron chi connectivity index (χ2n) is 25.8. The van der Waals surface area contributed by atoms with Crippen LogP contribution in [-0.2, 0) is 57.0 Å². The fraction of sp³-hybridized carbons (Fsp3) is 0.907. The van der Waals surface area contributed by atoms with E-state index in [9.17, 15) is 70.6 Å². The average molecular weight is 1130 g/mol. The smallest absolute Gasteiger partial charge is 1.00 e. The number of fused-ring (bicyclic) bond motifs is 7. The summed E-state index contributed by atoms with van der Waals surface area (Å²) in [6.07, 6.45) is -22.8. The third-order valence-corrected chi connectivity index (χ3v) is 21.3. The van der Waals surface area contributed by atoms with Gasteiger partial charge in [-0.25, -0.2) is 4.79 Å². The number of ether oxygens (including phenoxy) is 9. The van der Waals surface area contributed by atoms with Gasteiger partial charge in [0.25, 0.3) is 0 Å². The molecule has 28 atom stereocenters. The molecule has 2 bridgehead atoms. The molecule has 440 valence electrons. The number of allylic oxidation sites excluding steroid dienone is 2. The molecular weight excluding hydrogens is 1040 g/mol. The van der Waals surface area contributed by atoms with Gasteiger partial charge in [0.1, 0.15) is 73.8 Å². The molecule has 4 aliphatic heterocycles. The number of rotatable bonds is 14. The van der Waals surface area contributed by atoms with Gasteiger partial charge in [0.2, 0.25) is 0 Å². The molecule has 0 radical (unpaired) electrons. The Morgan fingerprint density at radius 1 is 0.769 bits per heavy atom. The number of carbonyl (C=O) groups excluding carboxylic acids is 2. The molecule has 78 heavy (non-hydrogen) atoms. The van der Waals surface area contributed by atoms with Gasteiger partial charge >= 0.3 is 47.5 Å². The largest absolute Gasteiger partial charge is 1.00 e. The number of carboxylic acid groups (broad SMARTS) is 1. The zero-order chi connectivity index (χ0) is 56.4. The van der Waals surface area contributed by atoms with Crippen molar-refractivity contribution in [2.45, 2.75) is 224 Å². The molecular formula is C54H85NaO23. The summed E-state index contributed by atoms with van der Waals surface area (Å²) in [6, 6.07) is 0. The van der Waals surface area contributed by atoms with E-state index in [0.29, 0.717) is 44.9 Å². The fourth-order valence-electron chi connectivity index (χ4n) is 16.5. The van der Waals surface area contributed by atoms with E-state index in [1.54, 1.807) is 13.8 Å². The Hall–Kier alpha value is -1.53. The minimum atomic E-state index is -2.09. The average Bonchev–Trinajstić information content (AvgIpc) is 3.56. The van der Waals surface area contributed by atoms with E-state index in [1.807, 2.05) is 6.92 Å². The van der Waals surface area contributed by atoms with Crippen LogP contribution in [0, 0.1) is 56.2 Å². The van der Waals surface area contributed by atoms with Gasteiger partial charge in [-0.1, -0.05) is 53.2 Å². The Labute approximate surface area is 477 Å². The molecule has 0 aromatic rings. The van der Waals surface area contributed by atoms with Gasteiger partial charge in [-0.15, -0.1) is 0 Å². The first-order valence-electron chi connectivity index (χ1n) is 27.4. The quantitative estimate of drug-likeness (QED) is 0.0348. The normalized spacial score (nSPS) is 51.0. The first kappa shape index (κ1) is 62.5. The summed E-state index contributed by atoms with van der Waals surface area (Å²) in [7, 11) is 0. The van der Waals surface area contributed by atoms with Crippen LogP contribution in [-0.4, -0.2) is 217 Å². The second-order valence-corrected chi connectivity index (χ2v) is 25.8. The van der Waals surface area contributed by atoms with E-state index < -0.39 is 181 Å².